The molecular weight excluding hydrogens is 200 g/mol. The van der Waals surface area contributed by atoms with E-state index in [1.165, 1.54) is 0 Å². The Kier molecular flexibility index (Phi) is 4.36. The molecule has 0 fully saturated rings. The second kappa shape index (κ2) is 5.35. The topological polar surface area (TPSA) is 29.5 Å². The number of rotatable bonds is 5. The molecule has 0 aliphatic heterocycles. The molecular formula is C14H22O2. The normalized spacial score (nSPS) is 11.9. The smallest absolute Gasteiger partial charge is 0.119 e. The van der Waals surface area contributed by atoms with Crippen LogP contribution in [0, 0.1) is 0 Å². The van der Waals surface area contributed by atoms with Crippen molar-refractivity contribution < 1.29 is 9.84 Å². The van der Waals surface area contributed by atoms with Crippen LogP contribution >= 0.6 is 0 Å². The van der Waals surface area contributed by atoms with Gasteiger partial charge in [-0.25, -0.2) is 0 Å². The average Bonchev–Trinajstić information content (AvgIpc) is 2.28. The van der Waals surface area contributed by atoms with E-state index < -0.39 is 5.60 Å². The Morgan fingerprint density at radius 3 is 2.00 bits per heavy atom. The lowest BCUT2D eigenvalue weighted by Crippen LogP contribution is -2.23. The van der Waals surface area contributed by atoms with Gasteiger partial charge < -0.3 is 9.84 Å². The van der Waals surface area contributed by atoms with Crippen LogP contribution < -0.4 is 4.74 Å². The molecule has 2 heteroatoms. The Morgan fingerprint density at radius 2 is 1.62 bits per heavy atom. The quantitative estimate of drug-likeness (QED) is 0.826. The van der Waals surface area contributed by atoms with Gasteiger partial charge >= 0.3 is 0 Å². The van der Waals surface area contributed by atoms with Crippen molar-refractivity contribution in [1.82, 2.24) is 0 Å². The minimum absolute atomic E-state index is 0.182. The Morgan fingerprint density at radius 1 is 1.12 bits per heavy atom. The maximum Gasteiger partial charge on any atom is 0.119 e. The van der Waals surface area contributed by atoms with Gasteiger partial charge in [0.2, 0.25) is 0 Å². The van der Waals surface area contributed by atoms with Crippen LogP contribution in [0.25, 0.3) is 0 Å². The van der Waals surface area contributed by atoms with Gasteiger partial charge in [-0.3, -0.25) is 0 Å². The molecule has 0 aliphatic carbocycles. The summed E-state index contributed by atoms with van der Waals surface area (Å²) in [7, 11) is 0. The van der Waals surface area contributed by atoms with Crippen molar-refractivity contribution in [3.63, 3.8) is 0 Å². The van der Waals surface area contributed by atoms with Crippen LogP contribution in [-0.4, -0.2) is 11.2 Å². The second-order valence-corrected chi connectivity index (χ2v) is 4.43. The largest absolute Gasteiger partial charge is 0.491 e. The molecule has 0 heterocycles. The maximum absolute atomic E-state index is 10.3. The number of aliphatic hydroxyl groups is 1. The van der Waals surface area contributed by atoms with Gasteiger partial charge in [0, 0.05) is 0 Å². The van der Waals surface area contributed by atoms with Crippen LogP contribution in [0.5, 0.6) is 5.75 Å². The average molecular weight is 222 g/mol. The summed E-state index contributed by atoms with van der Waals surface area (Å²) in [6.07, 6.45) is 1.64. The zero-order chi connectivity index (χ0) is 12.2. The predicted molar refractivity (Wildman–Crippen MR) is 66.7 cm³/mol. The SMILES string of the molecule is CCC(O)(CC)c1ccc(OC(C)C)cc1. The summed E-state index contributed by atoms with van der Waals surface area (Å²) in [5, 5.41) is 10.3. The lowest BCUT2D eigenvalue weighted by atomic mass is 9.89. The van der Waals surface area contributed by atoms with Crippen molar-refractivity contribution >= 4 is 0 Å². The lowest BCUT2D eigenvalue weighted by molar-refractivity contribution is 0.0283. The molecule has 1 rings (SSSR count). The maximum atomic E-state index is 10.3. The summed E-state index contributed by atoms with van der Waals surface area (Å²) in [5.41, 5.74) is 0.268. The predicted octanol–water partition coefficient (Wildman–Crippen LogP) is 3.48. The fraction of sp³-hybridized carbons (Fsp3) is 0.571. The second-order valence-electron chi connectivity index (χ2n) is 4.43. The monoisotopic (exact) mass is 222 g/mol. The standard InChI is InChI=1S/C14H22O2/c1-5-14(15,6-2)12-7-9-13(10-8-12)16-11(3)4/h7-11,15H,5-6H2,1-4H3. The van der Waals surface area contributed by atoms with Crippen molar-refractivity contribution in [2.75, 3.05) is 0 Å². The molecule has 1 N–H and O–H groups in total. The number of ether oxygens (including phenoxy) is 1. The van der Waals surface area contributed by atoms with Crippen LogP contribution in [0.15, 0.2) is 24.3 Å². The first-order chi connectivity index (χ1) is 7.51. The number of hydrogen-bond donors (Lipinski definition) is 1. The molecule has 1 aromatic rings. The first kappa shape index (κ1) is 13.0. The molecule has 0 bridgehead atoms. The Hall–Kier alpha value is -1.02. The van der Waals surface area contributed by atoms with E-state index in [-0.39, 0.29) is 6.10 Å². The van der Waals surface area contributed by atoms with Crippen LogP contribution in [0.1, 0.15) is 46.1 Å². The Balaban J connectivity index is 2.85. The highest BCUT2D eigenvalue weighted by atomic mass is 16.5. The molecule has 2 nitrogen and oxygen atoms in total. The van der Waals surface area contributed by atoms with E-state index in [0.717, 1.165) is 24.2 Å². The molecule has 16 heavy (non-hydrogen) atoms. The van der Waals surface area contributed by atoms with E-state index in [4.69, 9.17) is 4.74 Å². The van der Waals surface area contributed by atoms with Crippen LogP contribution in [-0.2, 0) is 5.60 Å². The van der Waals surface area contributed by atoms with Gasteiger partial charge in [-0.2, -0.15) is 0 Å². The zero-order valence-electron chi connectivity index (χ0n) is 10.7. The van der Waals surface area contributed by atoms with E-state index in [9.17, 15) is 5.11 Å². The third-order valence-electron chi connectivity index (χ3n) is 2.93. The molecule has 0 amide bonds. The Bertz CT molecular complexity index is 310. The molecule has 0 radical (unpaired) electrons. The summed E-state index contributed by atoms with van der Waals surface area (Å²) in [6.45, 7) is 8.01. The molecule has 1 aromatic carbocycles. The molecule has 0 saturated heterocycles. The fourth-order valence-electron chi connectivity index (χ4n) is 1.77. The molecule has 0 unspecified atom stereocenters. The lowest BCUT2D eigenvalue weighted by Gasteiger charge is -2.26. The molecule has 0 spiro atoms. The summed E-state index contributed by atoms with van der Waals surface area (Å²) < 4.78 is 5.57. The van der Waals surface area contributed by atoms with Gasteiger partial charge in [-0.05, 0) is 44.4 Å². The van der Waals surface area contributed by atoms with Crippen molar-refractivity contribution in [3.05, 3.63) is 29.8 Å². The first-order valence-corrected chi connectivity index (χ1v) is 6.01. The van der Waals surface area contributed by atoms with Gasteiger partial charge in [-0.15, -0.1) is 0 Å². The molecule has 90 valence electrons. The fourth-order valence-corrected chi connectivity index (χ4v) is 1.77. The van der Waals surface area contributed by atoms with E-state index in [1.54, 1.807) is 0 Å². The van der Waals surface area contributed by atoms with Crippen molar-refractivity contribution in [3.8, 4) is 5.75 Å². The zero-order valence-corrected chi connectivity index (χ0v) is 10.7. The third kappa shape index (κ3) is 2.99. The van der Waals surface area contributed by atoms with Crippen LogP contribution in [0.2, 0.25) is 0 Å². The summed E-state index contributed by atoms with van der Waals surface area (Å²) in [5.74, 6) is 0.855. The van der Waals surface area contributed by atoms with E-state index in [0.29, 0.717) is 0 Å². The highest BCUT2D eigenvalue weighted by Gasteiger charge is 2.24. The molecule has 0 aliphatic rings. The summed E-state index contributed by atoms with van der Waals surface area (Å²) >= 11 is 0. The molecule has 0 saturated carbocycles. The first-order valence-electron chi connectivity index (χ1n) is 6.01. The van der Waals surface area contributed by atoms with Gasteiger partial charge in [0.1, 0.15) is 5.75 Å². The van der Waals surface area contributed by atoms with Crippen molar-refractivity contribution in [2.24, 2.45) is 0 Å². The highest BCUT2D eigenvalue weighted by Crippen LogP contribution is 2.29. The van der Waals surface area contributed by atoms with Gasteiger partial charge in [0.25, 0.3) is 0 Å². The highest BCUT2D eigenvalue weighted by molar-refractivity contribution is 5.30. The molecule has 0 atom stereocenters. The van der Waals surface area contributed by atoms with E-state index in [1.807, 2.05) is 52.0 Å². The van der Waals surface area contributed by atoms with Crippen LogP contribution in [0.4, 0.5) is 0 Å². The van der Waals surface area contributed by atoms with Crippen molar-refractivity contribution in [2.45, 2.75) is 52.2 Å². The number of benzene rings is 1. The minimum atomic E-state index is -0.698. The summed E-state index contributed by atoms with van der Waals surface area (Å²) in [4.78, 5) is 0. The number of hydrogen-bond acceptors (Lipinski definition) is 2. The van der Waals surface area contributed by atoms with Gasteiger partial charge in [-0.1, -0.05) is 26.0 Å². The summed E-state index contributed by atoms with van der Waals surface area (Å²) in [6, 6.07) is 7.74. The van der Waals surface area contributed by atoms with E-state index >= 15 is 0 Å². The van der Waals surface area contributed by atoms with Crippen molar-refractivity contribution in [1.29, 1.82) is 0 Å². The minimum Gasteiger partial charge on any atom is -0.491 e. The third-order valence-corrected chi connectivity index (χ3v) is 2.93. The Labute approximate surface area is 98.3 Å². The van der Waals surface area contributed by atoms with Gasteiger partial charge in [0.15, 0.2) is 0 Å². The van der Waals surface area contributed by atoms with Crippen LogP contribution in [0.3, 0.4) is 0 Å². The molecule has 0 aromatic heterocycles. The van der Waals surface area contributed by atoms with Gasteiger partial charge in [0.05, 0.1) is 11.7 Å². The van der Waals surface area contributed by atoms with E-state index in [2.05, 4.69) is 0 Å².